The number of Topliss-reactive ketones (excluding diaryl/α,β-unsaturated/α-hetero) is 1. The van der Waals surface area contributed by atoms with Crippen LogP contribution in [0, 0.1) is 5.41 Å². The second-order valence-corrected chi connectivity index (χ2v) is 6.86. The highest BCUT2D eigenvalue weighted by Crippen LogP contribution is 2.44. The van der Waals surface area contributed by atoms with E-state index in [0.29, 0.717) is 4.88 Å². The Hall–Kier alpha value is -0.400. The number of carbonyl (C=O) groups is 1. The van der Waals surface area contributed by atoms with Gasteiger partial charge in [0.2, 0.25) is 0 Å². The summed E-state index contributed by atoms with van der Waals surface area (Å²) in [6.45, 7) is -0.0682. The van der Waals surface area contributed by atoms with Crippen molar-refractivity contribution in [2.75, 3.05) is 13.1 Å². The van der Waals surface area contributed by atoms with Crippen LogP contribution in [0.5, 0.6) is 0 Å². The maximum Gasteiger partial charge on any atom is 0.402 e. The molecule has 0 amide bonds. The van der Waals surface area contributed by atoms with Gasteiger partial charge >= 0.3 is 6.18 Å². The fourth-order valence-corrected chi connectivity index (χ4v) is 3.59. The van der Waals surface area contributed by atoms with E-state index in [9.17, 15) is 18.0 Å². The molecule has 1 aliphatic heterocycles. The maximum absolute atomic E-state index is 13.1. The molecule has 18 heavy (non-hydrogen) atoms. The lowest BCUT2D eigenvalue weighted by atomic mass is 9.80. The molecule has 1 aliphatic rings. The van der Waals surface area contributed by atoms with Crippen LogP contribution in [0.15, 0.2) is 15.9 Å². The molecule has 1 saturated heterocycles. The largest absolute Gasteiger partial charge is 0.402 e. The molecular weight excluding hydrogens is 331 g/mol. The number of hydrogen-bond acceptors (Lipinski definition) is 3. The van der Waals surface area contributed by atoms with E-state index < -0.39 is 17.4 Å². The number of thiophene rings is 1. The first kappa shape index (κ1) is 14.0. The maximum atomic E-state index is 13.1. The minimum atomic E-state index is -4.48. The highest BCUT2D eigenvalue weighted by atomic mass is 79.9. The molecule has 0 spiro atoms. The molecule has 1 N–H and O–H groups in total. The third kappa shape index (κ3) is 2.48. The third-order valence-electron chi connectivity index (χ3n) is 3.20. The molecule has 2 heterocycles. The monoisotopic (exact) mass is 341 g/mol. The number of carbonyl (C=O) groups excluding carboxylic acids is 1. The van der Waals surface area contributed by atoms with Gasteiger partial charge in [0.1, 0.15) is 5.41 Å². The number of alkyl halides is 3. The average molecular weight is 342 g/mol. The quantitative estimate of drug-likeness (QED) is 0.914. The smallest absolute Gasteiger partial charge is 0.315 e. The van der Waals surface area contributed by atoms with E-state index in [4.69, 9.17) is 0 Å². The van der Waals surface area contributed by atoms with Crippen molar-refractivity contribution >= 4 is 33.0 Å². The highest BCUT2D eigenvalue weighted by Gasteiger charge is 2.60. The zero-order valence-corrected chi connectivity index (χ0v) is 11.7. The predicted molar refractivity (Wildman–Crippen MR) is 66.7 cm³/mol. The summed E-state index contributed by atoms with van der Waals surface area (Å²) in [4.78, 5) is 12.7. The summed E-state index contributed by atoms with van der Waals surface area (Å²) < 4.78 is 40.1. The topological polar surface area (TPSA) is 29.1 Å². The molecule has 0 aromatic carbocycles. The van der Waals surface area contributed by atoms with Crippen LogP contribution in [0.2, 0.25) is 0 Å². The average Bonchev–Trinajstić information content (AvgIpc) is 2.86. The molecule has 1 fully saturated rings. The Kier molecular flexibility index (Phi) is 3.85. The highest BCUT2D eigenvalue weighted by molar-refractivity contribution is 9.11. The van der Waals surface area contributed by atoms with E-state index in [1.165, 1.54) is 11.3 Å². The summed E-state index contributed by atoms with van der Waals surface area (Å²) in [6, 6.07) is 3.42. The molecular formula is C11H11BrF3NOS. The number of halogens is 4. The van der Waals surface area contributed by atoms with Crippen molar-refractivity contribution in [3.8, 4) is 0 Å². The van der Waals surface area contributed by atoms with Gasteiger partial charge in [-0.05, 0) is 41.0 Å². The molecule has 0 bridgehead atoms. The van der Waals surface area contributed by atoms with Crippen LogP contribution in [0.4, 0.5) is 13.2 Å². The van der Waals surface area contributed by atoms with Crippen LogP contribution in [0.25, 0.3) is 0 Å². The van der Waals surface area contributed by atoms with Crippen LogP contribution < -0.4 is 5.32 Å². The van der Waals surface area contributed by atoms with Crippen LogP contribution in [0.1, 0.15) is 11.3 Å². The SMILES string of the molecule is O=C(Cc1ccc(Br)s1)C1(C(F)(F)F)CCNC1. The third-order valence-corrected chi connectivity index (χ3v) is 4.82. The zero-order valence-electron chi connectivity index (χ0n) is 9.31. The number of hydrogen-bond donors (Lipinski definition) is 1. The van der Waals surface area contributed by atoms with E-state index in [0.717, 1.165) is 3.79 Å². The Labute approximate surface area is 115 Å². The summed E-state index contributed by atoms with van der Waals surface area (Å²) in [5.74, 6) is -0.741. The van der Waals surface area contributed by atoms with Crippen molar-refractivity contribution in [2.24, 2.45) is 5.41 Å². The Balaban J connectivity index is 2.20. The van der Waals surface area contributed by atoms with Crippen molar-refractivity contribution in [3.63, 3.8) is 0 Å². The second kappa shape index (κ2) is 4.94. The molecule has 1 unspecified atom stereocenters. The summed E-state index contributed by atoms with van der Waals surface area (Å²) in [5, 5.41) is 2.64. The van der Waals surface area contributed by atoms with Gasteiger partial charge in [0.05, 0.1) is 3.79 Å². The number of nitrogens with one attached hydrogen (secondary N) is 1. The lowest BCUT2D eigenvalue weighted by molar-refractivity contribution is -0.214. The van der Waals surface area contributed by atoms with Gasteiger partial charge in [-0.2, -0.15) is 13.2 Å². The van der Waals surface area contributed by atoms with E-state index >= 15 is 0 Å². The Morgan fingerprint density at radius 2 is 2.22 bits per heavy atom. The van der Waals surface area contributed by atoms with E-state index in [2.05, 4.69) is 21.2 Å². The first-order valence-corrected chi connectivity index (χ1v) is 7.01. The fraction of sp³-hybridized carbons (Fsp3) is 0.545. The van der Waals surface area contributed by atoms with Crippen LogP contribution in [-0.2, 0) is 11.2 Å². The van der Waals surface area contributed by atoms with E-state index in [1.54, 1.807) is 12.1 Å². The van der Waals surface area contributed by atoms with Gasteiger partial charge in [-0.25, -0.2) is 0 Å². The Bertz CT molecular complexity index is 451. The number of ketones is 1. The van der Waals surface area contributed by atoms with Gasteiger partial charge in [0.15, 0.2) is 5.78 Å². The number of rotatable bonds is 3. The molecule has 0 aliphatic carbocycles. The zero-order chi connectivity index (χ0) is 13.4. The van der Waals surface area contributed by atoms with Gasteiger partial charge in [0, 0.05) is 17.8 Å². The first-order valence-electron chi connectivity index (χ1n) is 5.40. The van der Waals surface area contributed by atoms with Crippen molar-refractivity contribution in [1.82, 2.24) is 5.32 Å². The first-order chi connectivity index (χ1) is 8.35. The van der Waals surface area contributed by atoms with Gasteiger partial charge < -0.3 is 5.32 Å². The van der Waals surface area contributed by atoms with Gasteiger partial charge in [-0.3, -0.25) is 4.79 Å². The molecule has 0 saturated carbocycles. The lowest BCUT2D eigenvalue weighted by Gasteiger charge is -2.29. The van der Waals surface area contributed by atoms with Crippen molar-refractivity contribution in [3.05, 3.63) is 20.8 Å². The molecule has 2 rings (SSSR count). The summed E-state index contributed by atoms with van der Waals surface area (Å²) in [6.07, 6.45) is -4.80. The van der Waals surface area contributed by atoms with Crippen LogP contribution in [0.3, 0.4) is 0 Å². The lowest BCUT2D eigenvalue weighted by Crippen LogP contribution is -2.47. The molecule has 1 atom stereocenters. The molecule has 1 aromatic heterocycles. The molecule has 1 aromatic rings. The molecule has 0 radical (unpaired) electrons. The minimum absolute atomic E-state index is 0.155. The van der Waals surface area contributed by atoms with Gasteiger partial charge in [0.25, 0.3) is 0 Å². The van der Waals surface area contributed by atoms with Crippen molar-refractivity contribution < 1.29 is 18.0 Å². The van der Waals surface area contributed by atoms with Crippen LogP contribution >= 0.6 is 27.3 Å². The summed E-state index contributed by atoms with van der Waals surface area (Å²) in [5.41, 5.74) is -2.20. The molecule has 100 valence electrons. The van der Waals surface area contributed by atoms with Gasteiger partial charge in [-0.1, -0.05) is 0 Å². The Morgan fingerprint density at radius 1 is 1.50 bits per heavy atom. The predicted octanol–water partition coefficient (Wildman–Crippen LogP) is 3.16. The summed E-state index contributed by atoms with van der Waals surface area (Å²) in [7, 11) is 0. The normalized spacial score (nSPS) is 24.4. The fourth-order valence-electron chi connectivity index (χ4n) is 2.10. The van der Waals surface area contributed by atoms with E-state index in [1.807, 2.05) is 0 Å². The minimum Gasteiger partial charge on any atom is -0.315 e. The standard InChI is InChI=1S/C11H11BrF3NOS/c12-9-2-1-7(18-9)5-8(17)10(11(13,14)15)3-4-16-6-10/h1-2,16H,3-6H2. The van der Waals surface area contributed by atoms with Gasteiger partial charge in [-0.15, -0.1) is 11.3 Å². The Morgan fingerprint density at radius 3 is 2.67 bits per heavy atom. The molecule has 2 nitrogen and oxygen atoms in total. The van der Waals surface area contributed by atoms with Crippen LogP contribution in [-0.4, -0.2) is 25.0 Å². The van der Waals surface area contributed by atoms with Crippen molar-refractivity contribution in [2.45, 2.75) is 19.0 Å². The van der Waals surface area contributed by atoms with E-state index in [-0.39, 0.29) is 25.9 Å². The molecule has 7 heteroatoms. The summed E-state index contributed by atoms with van der Waals surface area (Å²) >= 11 is 4.52. The second-order valence-electron chi connectivity index (χ2n) is 4.31. The van der Waals surface area contributed by atoms with Crippen molar-refractivity contribution in [1.29, 1.82) is 0 Å².